The van der Waals surface area contributed by atoms with E-state index in [1.165, 1.54) is 33.6 Å². The fraction of sp³-hybridized carbons (Fsp3) is 0.188. The van der Waals surface area contributed by atoms with Gasteiger partial charge in [-0.1, -0.05) is 84.1 Å². The second kappa shape index (κ2) is 8.56. The number of aryl methyl sites for hydroxylation is 1. The van der Waals surface area contributed by atoms with Gasteiger partial charge in [-0.15, -0.1) is 0 Å². The molecule has 3 aromatic carbocycles. The van der Waals surface area contributed by atoms with Crippen LogP contribution in [0.15, 0.2) is 100 Å². The number of nitrogens with zero attached hydrogens (tertiary/aromatic N) is 3. The number of allylic oxidation sites excluding steroid dienone is 1. The molecule has 0 saturated carbocycles. The SMILES string of the molecule is CC(C)n1cc(/C=c2\sc3n(c2=O)C(c2ccccc2)C2=C(N=3)c3ccccc3CC2)c2ccccc21. The summed E-state index contributed by atoms with van der Waals surface area (Å²) in [5.74, 6) is 0. The van der Waals surface area contributed by atoms with Gasteiger partial charge in [0.05, 0.1) is 16.3 Å². The Bertz CT molecular complexity index is 1890. The van der Waals surface area contributed by atoms with Gasteiger partial charge in [0, 0.05) is 34.3 Å². The van der Waals surface area contributed by atoms with Crippen LogP contribution in [0.25, 0.3) is 22.7 Å². The Morgan fingerprint density at radius 2 is 1.70 bits per heavy atom. The molecule has 7 rings (SSSR count). The minimum Gasteiger partial charge on any atom is -0.344 e. The number of fused-ring (bicyclic) bond motifs is 4. The fourth-order valence-electron chi connectivity index (χ4n) is 5.87. The molecule has 0 N–H and O–H groups in total. The van der Waals surface area contributed by atoms with Gasteiger partial charge in [0.1, 0.15) is 0 Å². The van der Waals surface area contributed by atoms with E-state index in [-0.39, 0.29) is 11.6 Å². The summed E-state index contributed by atoms with van der Waals surface area (Å²) in [6, 6.07) is 27.6. The maximum Gasteiger partial charge on any atom is 0.271 e. The van der Waals surface area contributed by atoms with Crippen LogP contribution in [0.2, 0.25) is 0 Å². The molecule has 2 aliphatic rings. The fourth-order valence-corrected chi connectivity index (χ4v) is 6.86. The molecule has 1 unspecified atom stereocenters. The summed E-state index contributed by atoms with van der Waals surface area (Å²) in [4.78, 5) is 20.0. The van der Waals surface area contributed by atoms with Gasteiger partial charge < -0.3 is 4.57 Å². The Balaban J connectivity index is 1.49. The van der Waals surface area contributed by atoms with Crippen molar-refractivity contribution < 1.29 is 0 Å². The molecule has 3 heterocycles. The van der Waals surface area contributed by atoms with Crippen LogP contribution in [0.5, 0.6) is 0 Å². The summed E-state index contributed by atoms with van der Waals surface area (Å²) in [5, 5.41) is 1.16. The van der Waals surface area contributed by atoms with Crippen molar-refractivity contribution in [3.8, 4) is 0 Å². The van der Waals surface area contributed by atoms with E-state index in [2.05, 4.69) is 103 Å². The average Bonchev–Trinajstić information content (AvgIpc) is 3.45. The quantitative estimate of drug-likeness (QED) is 0.305. The lowest BCUT2D eigenvalue weighted by atomic mass is 9.83. The van der Waals surface area contributed by atoms with Crippen molar-refractivity contribution in [3.63, 3.8) is 0 Å². The van der Waals surface area contributed by atoms with Crippen LogP contribution < -0.4 is 14.9 Å². The number of para-hydroxylation sites is 1. The smallest absolute Gasteiger partial charge is 0.271 e. The number of hydrogen-bond acceptors (Lipinski definition) is 3. The molecular weight excluding hydrogens is 474 g/mol. The van der Waals surface area contributed by atoms with Gasteiger partial charge in [0.2, 0.25) is 0 Å². The molecule has 1 atom stereocenters. The summed E-state index contributed by atoms with van der Waals surface area (Å²) in [7, 11) is 0. The van der Waals surface area contributed by atoms with Gasteiger partial charge in [0.25, 0.3) is 5.56 Å². The molecule has 0 radical (unpaired) electrons. The minimum absolute atomic E-state index is 0.0318. The standard InChI is InChI=1S/C32H27N3OS/c1-20(2)34-19-23(24-13-8-9-15-27(24)34)18-28-31(36)35-30(22-11-4-3-5-12-22)26-17-16-21-10-6-7-14-25(21)29(26)33-32(35)37-28/h3-15,18-20,30H,16-17H2,1-2H3/b28-18-. The summed E-state index contributed by atoms with van der Waals surface area (Å²) in [6.07, 6.45) is 6.10. The van der Waals surface area contributed by atoms with E-state index in [4.69, 9.17) is 4.99 Å². The molecule has 2 aromatic heterocycles. The van der Waals surface area contributed by atoms with Crippen molar-refractivity contribution in [2.45, 2.75) is 38.8 Å². The zero-order valence-electron chi connectivity index (χ0n) is 20.9. The molecule has 1 aliphatic carbocycles. The van der Waals surface area contributed by atoms with Crippen LogP contribution in [-0.4, -0.2) is 9.13 Å². The van der Waals surface area contributed by atoms with Gasteiger partial charge >= 0.3 is 0 Å². The molecule has 0 fully saturated rings. The second-order valence-electron chi connectivity index (χ2n) is 10.1. The first-order valence-corrected chi connectivity index (χ1v) is 13.7. The number of benzene rings is 3. The van der Waals surface area contributed by atoms with Crippen molar-refractivity contribution in [2.75, 3.05) is 0 Å². The van der Waals surface area contributed by atoms with Crippen LogP contribution >= 0.6 is 11.3 Å². The monoisotopic (exact) mass is 501 g/mol. The Morgan fingerprint density at radius 1 is 0.946 bits per heavy atom. The lowest BCUT2D eigenvalue weighted by Gasteiger charge is -2.30. The second-order valence-corrected chi connectivity index (χ2v) is 11.1. The van der Waals surface area contributed by atoms with Crippen molar-refractivity contribution >= 4 is 34.0 Å². The predicted octanol–water partition coefficient (Wildman–Crippen LogP) is 5.85. The van der Waals surface area contributed by atoms with E-state index in [1.807, 2.05) is 10.6 Å². The largest absolute Gasteiger partial charge is 0.344 e. The van der Waals surface area contributed by atoms with E-state index in [1.54, 1.807) is 0 Å². The van der Waals surface area contributed by atoms with Crippen molar-refractivity contribution in [1.29, 1.82) is 0 Å². The van der Waals surface area contributed by atoms with Crippen LogP contribution in [-0.2, 0) is 6.42 Å². The molecule has 0 amide bonds. The molecule has 182 valence electrons. The van der Waals surface area contributed by atoms with Crippen LogP contribution in [0, 0.1) is 0 Å². The van der Waals surface area contributed by atoms with Crippen LogP contribution in [0.4, 0.5) is 0 Å². The average molecular weight is 502 g/mol. The molecule has 37 heavy (non-hydrogen) atoms. The molecule has 4 nitrogen and oxygen atoms in total. The maximum absolute atomic E-state index is 14.1. The maximum atomic E-state index is 14.1. The third kappa shape index (κ3) is 3.49. The van der Waals surface area contributed by atoms with Gasteiger partial charge in [0.15, 0.2) is 4.80 Å². The highest BCUT2D eigenvalue weighted by atomic mass is 32.1. The zero-order valence-corrected chi connectivity index (χ0v) is 21.7. The number of thiazole rings is 1. The first-order chi connectivity index (χ1) is 18.1. The Labute approximate surface area is 219 Å². The van der Waals surface area contributed by atoms with Crippen molar-refractivity contribution in [2.24, 2.45) is 4.99 Å². The highest BCUT2D eigenvalue weighted by molar-refractivity contribution is 7.07. The third-order valence-corrected chi connectivity index (χ3v) is 8.59. The minimum atomic E-state index is -0.139. The molecule has 0 bridgehead atoms. The Hall–Kier alpha value is -3.96. The number of hydrogen-bond donors (Lipinski definition) is 0. The molecule has 5 aromatic rings. The topological polar surface area (TPSA) is 39.3 Å². The third-order valence-electron chi connectivity index (χ3n) is 7.60. The summed E-state index contributed by atoms with van der Waals surface area (Å²) >= 11 is 1.50. The van der Waals surface area contributed by atoms with Crippen LogP contribution in [0.1, 0.15) is 54.6 Å². The van der Waals surface area contributed by atoms with E-state index in [9.17, 15) is 4.79 Å². The van der Waals surface area contributed by atoms with E-state index < -0.39 is 0 Å². The molecule has 0 spiro atoms. The number of aromatic nitrogens is 2. The van der Waals surface area contributed by atoms with Gasteiger partial charge in [-0.3, -0.25) is 9.36 Å². The highest BCUT2D eigenvalue weighted by Gasteiger charge is 2.32. The highest BCUT2D eigenvalue weighted by Crippen LogP contribution is 2.41. The molecule has 0 saturated heterocycles. The first kappa shape index (κ1) is 22.3. The van der Waals surface area contributed by atoms with E-state index in [0.717, 1.165) is 44.4 Å². The predicted molar refractivity (Wildman–Crippen MR) is 152 cm³/mol. The summed E-state index contributed by atoms with van der Waals surface area (Å²) in [6.45, 7) is 4.37. The van der Waals surface area contributed by atoms with Crippen LogP contribution in [0.3, 0.4) is 0 Å². The zero-order chi connectivity index (χ0) is 25.1. The Morgan fingerprint density at radius 3 is 2.54 bits per heavy atom. The van der Waals surface area contributed by atoms with E-state index in [0.29, 0.717) is 6.04 Å². The lowest BCUT2D eigenvalue weighted by Crippen LogP contribution is -2.38. The Kier molecular flexibility index (Phi) is 5.15. The number of rotatable bonds is 3. The van der Waals surface area contributed by atoms with Gasteiger partial charge in [-0.25, -0.2) is 4.99 Å². The van der Waals surface area contributed by atoms with Crippen molar-refractivity contribution in [3.05, 3.63) is 133 Å². The lowest BCUT2D eigenvalue weighted by molar-refractivity contribution is 0.585. The van der Waals surface area contributed by atoms with Gasteiger partial charge in [-0.2, -0.15) is 0 Å². The summed E-state index contributed by atoms with van der Waals surface area (Å²) in [5.41, 5.74) is 8.23. The van der Waals surface area contributed by atoms with Crippen molar-refractivity contribution in [1.82, 2.24) is 9.13 Å². The first-order valence-electron chi connectivity index (χ1n) is 12.9. The normalized spacial score (nSPS) is 17.1. The molecular formula is C32H27N3OS. The van der Waals surface area contributed by atoms with Gasteiger partial charge in [-0.05, 0) is 55.5 Å². The molecule has 5 heteroatoms. The summed E-state index contributed by atoms with van der Waals surface area (Å²) < 4.78 is 4.93. The van der Waals surface area contributed by atoms with E-state index >= 15 is 0 Å². The molecule has 1 aliphatic heterocycles.